The second-order valence-electron chi connectivity index (χ2n) is 6.53. The molecule has 0 aliphatic rings. The Labute approximate surface area is 162 Å². The van der Waals surface area contributed by atoms with Gasteiger partial charge in [-0.3, -0.25) is 4.79 Å². The molecule has 0 spiro atoms. The van der Waals surface area contributed by atoms with Crippen LogP contribution in [-0.4, -0.2) is 10.8 Å². The smallest absolute Gasteiger partial charge is 0.167 e. The number of fused-ring (bicyclic) bond motifs is 1. The molecule has 0 N–H and O–H groups in total. The number of para-hydroxylation sites is 1. The average molecular weight is 371 g/mol. The summed E-state index contributed by atoms with van der Waals surface area (Å²) in [4.78, 5) is 17.0. The fourth-order valence-electron chi connectivity index (χ4n) is 2.97. The van der Waals surface area contributed by atoms with Gasteiger partial charge < -0.3 is 4.74 Å². The Balaban J connectivity index is 1.38. The highest BCUT2D eigenvalue weighted by Crippen LogP contribution is 2.17. The van der Waals surface area contributed by atoms with Gasteiger partial charge in [0.15, 0.2) is 5.78 Å². The molecule has 0 bridgehead atoms. The minimum atomic E-state index is -0.307. The van der Waals surface area contributed by atoms with Crippen molar-refractivity contribution in [2.45, 2.75) is 13.0 Å². The monoisotopic (exact) mass is 371 g/mol. The van der Waals surface area contributed by atoms with Gasteiger partial charge in [0.05, 0.1) is 11.2 Å². The summed E-state index contributed by atoms with van der Waals surface area (Å²) in [5, 5.41) is 1.09. The highest BCUT2D eigenvalue weighted by molar-refractivity contribution is 5.97. The number of nitrogens with zero attached hydrogens (tertiary/aromatic N) is 1. The van der Waals surface area contributed by atoms with Crippen LogP contribution in [-0.2, 0) is 13.0 Å². The maximum atomic E-state index is 13.0. The maximum absolute atomic E-state index is 13.0. The maximum Gasteiger partial charge on any atom is 0.167 e. The predicted molar refractivity (Wildman–Crippen MR) is 107 cm³/mol. The standard InChI is InChI=1S/C24H18FNO2/c25-20-10-5-17(6-11-20)15-24(27)19-8-13-22(14-9-19)28-16-21-12-7-18-3-1-2-4-23(18)26-21/h1-14H,15-16H2. The Kier molecular flexibility index (Phi) is 5.11. The quantitative estimate of drug-likeness (QED) is 0.427. The van der Waals surface area contributed by atoms with Gasteiger partial charge in [0, 0.05) is 17.4 Å². The molecule has 0 amide bonds. The molecule has 0 saturated heterocycles. The van der Waals surface area contributed by atoms with Gasteiger partial charge in [0.2, 0.25) is 0 Å². The lowest BCUT2D eigenvalue weighted by atomic mass is 10.0. The summed E-state index contributed by atoms with van der Waals surface area (Å²) in [5.41, 5.74) is 3.16. The topological polar surface area (TPSA) is 39.2 Å². The van der Waals surface area contributed by atoms with E-state index in [4.69, 9.17) is 4.74 Å². The first-order valence-electron chi connectivity index (χ1n) is 9.02. The summed E-state index contributed by atoms with van der Waals surface area (Å²) in [6.45, 7) is 0.355. The largest absolute Gasteiger partial charge is 0.487 e. The number of halogens is 1. The van der Waals surface area contributed by atoms with Gasteiger partial charge in [0.1, 0.15) is 18.2 Å². The van der Waals surface area contributed by atoms with Crippen LogP contribution in [0.15, 0.2) is 84.9 Å². The molecule has 1 heterocycles. The van der Waals surface area contributed by atoms with E-state index in [1.54, 1.807) is 36.4 Å². The van der Waals surface area contributed by atoms with Crippen molar-refractivity contribution >= 4 is 16.7 Å². The number of pyridine rings is 1. The van der Waals surface area contributed by atoms with Gasteiger partial charge in [-0.15, -0.1) is 0 Å². The lowest BCUT2D eigenvalue weighted by molar-refractivity contribution is 0.0993. The average Bonchev–Trinajstić information content (AvgIpc) is 2.74. The van der Waals surface area contributed by atoms with Crippen molar-refractivity contribution < 1.29 is 13.9 Å². The van der Waals surface area contributed by atoms with Crippen molar-refractivity contribution in [3.8, 4) is 5.75 Å². The third-order valence-corrected chi connectivity index (χ3v) is 4.50. The molecule has 3 nitrogen and oxygen atoms in total. The number of ketones is 1. The molecule has 0 atom stereocenters. The fourth-order valence-corrected chi connectivity index (χ4v) is 2.97. The Morgan fingerprint density at radius 2 is 1.61 bits per heavy atom. The van der Waals surface area contributed by atoms with Crippen molar-refractivity contribution in [3.05, 3.63) is 108 Å². The predicted octanol–water partition coefficient (Wildman–Crippen LogP) is 5.38. The van der Waals surface area contributed by atoms with Crippen LogP contribution < -0.4 is 4.74 Å². The highest BCUT2D eigenvalue weighted by atomic mass is 19.1. The zero-order chi connectivity index (χ0) is 19.3. The molecule has 0 unspecified atom stereocenters. The van der Waals surface area contributed by atoms with E-state index < -0.39 is 0 Å². The molecular formula is C24H18FNO2. The molecule has 0 radical (unpaired) electrons. The van der Waals surface area contributed by atoms with Crippen LogP contribution in [0.25, 0.3) is 10.9 Å². The first-order valence-corrected chi connectivity index (χ1v) is 9.02. The van der Waals surface area contributed by atoms with Crippen molar-refractivity contribution in [2.24, 2.45) is 0 Å². The summed E-state index contributed by atoms with van der Waals surface area (Å²) in [7, 11) is 0. The molecule has 138 valence electrons. The van der Waals surface area contributed by atoms with E-state index in [-0.39, 0.29) is 18.0 Å². The van der Waals surface area contributed by atoms with Crippen molar-refractivity contribution in [2.75, 3.05) is 0 Å². The molecule has 4 heteroatoms. The molecule has 4 aromatic rings. The number of aromatic nitrogens is 1. The van der Waals surface area contributed by atoms with Gasteiger partial charge >= 0.3 is 0 Å². The Hall–Kier alpha value is -3.53. The first-order chi connectivity index (χ1) is 13.7. The molecular weight excluding hydrogens is 353 g/mol. The van der Waals surface area contributed by atoms with Crippen LogP contribution >= 0.6 is 0 Å². The van der Waals surface area contributed by atoms with E-state index in [9.17, 15) is 9.18 Å². The molecule has 0 aliphatic heterocycles. The van der Waals surface area contributed by atoms with E-state index >= 15 is 0 Å². The van der Waals surface area contributed by atoms with Crippen LogP contribution in [0.2, 0.25) is 0 Å². The van der Waals surface area contributed by atoms with E-state index in [0.29, 0.717) is 17.9 Å². The minimum Gasteiger partial charge on any atom is -0.487 e. The second-order valence-corrected chi connectivity index (χ2v) is 6.53. The van der Waals surface area contributed by atoms with Crippen LogP contribution in [0.5, 0.6) is 5.75 Å². The molecule has 4 rings (SSSR count). The minimum absolute atomic E-state index is 0.0191. The van der Waals surface area contributed by atoms with Gasteiger partial charge in [0.25, 0.3) is 0 Å². The van der Waals surface area contributed by atoms with Crippen molar-refractivity contribution in [1.82, 2.24) is 4.98 Å². The van der Waals surface area contributed by atoms with Crippen LogP contribution in [0, 0.1) is 5.82 Å². The summed E-state index contributed by atoms with van der Waals surface area (Å²) in [5.74, 6) is 0.348. The number of hydrogen-bond acceptors (Lipinski definition) is 3. The fraction of sp³-hybridized carbons (Fsp3) is 0.0833. The third-order valence-electron chi connectivity index (χ3n) is 4.50. The number of Topliss-reactive ketones (excluding diaryl/α,β-unsaturated/α-hetero) is 1. The van der Waals surface area contributed by atoms with Crippen LogP contribution in [0.3, 0.4) is 0 Å². The SMILES string of the molecule is O=C(Cc1ccc(F)cc1)c1ccc(OCc2ccc3ccccc3n2)cc1. The number of carbonyl (C=O) groups is 1. The van der Waals surface area contributed by atoms with Gasteiger partial charge in [-0.05, 0) is 54.1 Å². The van der Waals surface area contributed by atoms with E-state index in [0.717, 1.165) is 22.2 Å². The number of ether oxygens (including phenoxy) is 1. The van der Waals surface area contributed by atoms with Gasteiger partial charge in [-0.25, -0.2) is 9.37 Å². The number of rotatable bonds is 6. The lowest BCUT2D eigenvalue weighted by Gasteiger charge is -2.08. The summed E-state index contributed by atoms with van der Waals surface area (Å²) in [6, 6.07) is 24.9. The van der Waals surface area contributed by atoms with Gasteiger partial charge in [-0.2, -0.15) is 0 Å². The van der Waals surface area contributed by atoms with E-state index in [2.05, 4.69) is 4.98 Å². The van der Waals surface area contributed by atoms with Crippen LogP contribution in [0.4, 0.5) is 4.39 Å². The zero-order valence-electron chi connectivity index (χ0n) is 15.1. The van der Waals surface area contributed by atoms with E-state index in [1.165, 1.54) is 12.1 Å². The third kappa shape index (κ3) is 4.23. The van der Waals surface area contributed by atoms with Crippen molar-refractivity contribution in [3.63, 3.8) is 0 Å². The normalized spacial score (nSPS) is 10.8. The molecule has 0 saturated carbocycles. The zero-order valence-corrected chi connectivity index (χ0v) is 15.1. The molecule has 0 aliphatic carbocycles. The summed E-state index contributed by atoms with van der Waals surface area (Å²) in [6.07, 6.45) is 0.238. The summed E-state index contributed by atoms with van der Waals surface area (Å²) >= 11 is 0. The number of carbonyl (C=O) groups excluding carboxylic acids is 1. The molecule has 28 heavy (non-hydrogen) atoms. The Morgan fingerprint density at radius 3 is 2.39 bits per heavy atom. The highest BCUT2D eigenvalue weighted by Gasteiger charge is 2.08. The lowest BCUT2D eigenvalue weighted by Crippen LogP contribution is -2.04. The molecule has 0 fully saturated rings. The van der Waals surface area contributed by atoms with E-state index in [1.807, 2.05) is 36.4 Å². The Morgan fingerprint density at radius 1 is 0.857 bits per heavy atom. The molecule has 1 aromatic heterocycles. The van der Waals surface area contributed by atoms with Crippen LogP contribution in [0.1, 0.15) is 21.6 Å². The summed E-state index contributed by atoms with van der Waals surface area (Å²) < 4.78 is 18.8. The number of hydrogen-bond donors (Lipinski definition) is 0. The Bertz CT molecular complexity index is 1110. The number of benzene rings is 3. The van der Waals surface area contributed by atoms with Gasteiger partial charge in [-0.1, -0.05) is 36.4 Å². The van der Waals surface area contributed by atoms with Crippen molar-refractivity contribution in [1.29, 1.82) is 0 Å². The molecule has 3 aromatic carbocycles. The first kappa shape index (κ1) is 17.9. The second kappa shape index (κ2) is 8.01.